The number of halogens is 5. The van der Waals surface area contributed by atoms with E-state index in [9.17, 15) is 13.2 Å². The van der Waals surface area contributed by atoms with Gasteiger partial charge in [-0.2, -0.15) is 18.3 Å². The van der Waals surface area contributed by atoms with Crippen LogP contribution in [0.25, 0.3) is 5.52 Å². The maximum Gasteiger partial charge on any atom is 0.389 e. The molecular weight excluding hydrogens is 406 g/mol. The SMILES string of the molecule is Cc1c(CCCC(F)(F)F)c(Cl)n2nc(Cl)cc(NCc3cccs3)c12. The average Bonchev–Trinajstić information content (AvgIpc) is 3.14. The van der Waals surface area contributed by atoms with Crippen LogP contribution in [0, 0.1) is 6.92 Å². The van der Waals surface area contributed by atoms with Gasteiger partial charge in [0.05, 0.1) is 11.2 Å². The minimum absolute atomic E-state index is 0.0212. The number of anilines is 1. The highest BCUT2D eigenvalue weighted by atomic mass is 35.5. The summed E-state index contributed by atoms with van der Waals surface area (Å²) in [6.07, 6.45) is -4.80. The van der Waals surface area contributed by atoms with E-state index < -0.39 is 12.6 Å². The molecule has 0 bridgehead atoms. The standard InChI is InChI=1S/C17H16Cl2F3N3S/c1-10-12(5-2-6-17(20,21)22)16(19)25-15(10)13(8-14(18)24-25)23-9-11-4-3-7-26-11/h3-4,7-8,23H,2,5-6,9H2,1H3. The van der Waals surface area contributed by atoms with E-state index in [4.69, 9.17) is 23.2 Å². The molecule has 0 aliphatic heterocycles. The van der Waals surface area contributed by atoms with Crippen molar-refractivity contribution < 1.29 is 13.2 Å². The average molecular weight is 422 g/mol. The maximum absolute atomic E-state index is 12.4. The first-order chi connectivity index (χ1) is 12.3. The van der Waals surface area contributed by atoms with Crippen LogP contribution < -0.4 is 5.32 Å². The van der Waals surface area contributed by atoms with Gasteiger partial charge < -0.3 is 5.32 Å². The quantitative estimate of drug-likeness (QED) is 0.491. The molecule has 0 radical (unpaired) electrons. The van der Waals surface area contributed by atoms with Crippen LogP contribution in [-0.4, -0.2) is 15.8 Å². The first-order valence-electron chi connectivity index (χ1n) is 7.95. The molecule has 0 fully saturated rings. The molecule has 0 aliphatic rings. The first-order valence-corrected chi connectivity index (χ1v) is 9.59. The molecule has 0 spiro atoms. The largest absolute Gasteiger partial charge is 0.389 e. The Bertz CT molecular complexity index is 904. The van der Waals surface area contributed by atoms with Gasteiger partial charge in [0.2, 0.25) is 0 Å². The number of aromatic nitrogens is 2. The number of hydrogen-bond acceptors (Lipinski definition) is 3. The van der Waals surface area contributed by atoms with Crippen molar-refractivity contribution in [2.75, 3.05) is 5.32 Å². The predicted octanol–water partition coefficient (Wildman–Crippen LogP) is 6.51. The number of alkyl halides is 3. The topological polar surface area (TPSA) is 29.3 Å². The zero-order valence-electron chi connectivity index (χ0n) is 13.8. The number of nitrogens with one attached hydrogen (secondary N) is 1. The summed E-state index contributed by atoms with van der Waals surface area (Å²) in [5.74, 6) is 0. The monoisotopic (exact) mass is 421 g/mol. The number of rotatable bonds is 6. The number of aryl methyl sites for hydroxylation is 1. The van der Waals surface area contributed by atoms with E-state index in [-0.39, 0.29) is 18.0 Å². The summed E-state index contributed by atoms with van der Waals surface area (Å²) in [5.41, 5.74) is 2.97. The molecule has 3 aromatic heterocycles. The van der Waals surface area contributed by atoms with E-state index in [1.54, 1.807) is 17.4 Å². The Balaban J connectivity index is 1.92. The molecule has 0 saturated carbocycles. The van der Waals surface area contributed by atoms with E-state index in [1.807, 2.05) is 24.4 Å². The molecule has 0 aliphatic carbocycles. The highest BCUT2D eigenvalue weighted by Gasteiger charge is 2.27. The smallest absolute Gasteiger partial charge is 0.378 e. The second-order valence-electron chi connectivity index (χ2n) is 5.94. The van der Waals surface area contributed by atoms with Crippen LogP contribution in [0.2, 0.25) is 10.3 Å². The zero-order chi connectivity index (χ0) is 18.9. The predicted molar refractivity (Wildman–Crippen MR) is 101 cm³/mol. The molecule has 0 amide bonds. The van der Waals surface area contributed by atoms with Gasteiger partial charge in [-0.25, -0.2) is 4.52 Å². The normalized spacial score (nSPS) is 12.1. The minimum Gasteiger partial charge on any atom is -0.378 e. The second kappa shape index (κ2) is 7.66. The van der Waals surface area contributed by atoms with Crippen LogP contribution in [0.15, 0.2) is 23.6 Å². The van der Waals surface area contributed by atoms with E-state index in [1.165, 1.54) is 4.52 Å². The third-order valence-electron chi connectivity index (χ3n) is 4.09. The van der Waals surface area contributed by atoms with Crippen LogP contribution in [0.3, 0.4) is 0 Å². The summed E-state index contributed by atoms with van der Waals surface area (Å²) in [7, 11) is 0. The van der Waals surface area contributed by atoms with Crippen LogP contribution >= 0.6 is 34.5 Å². The third-order valence-corrected chi connectivity index (χ3v) is 5.54. The molecule has 26 heavy (non-hydrogen) atoms. The summed E-state index contributed by atoms with van der Waals surface area (Å²) in [4.78, 5) is 1.15. The van der Waals surface area contributed by atoms with Crippen molar-refractivity contribution in [3.63, 3.8) is 0 Å². The van der Waals surface area contributed by atoms with Gasteiger partial charge in [-0.15, -0.1) is 11.3 Å². The number of hydrogen-bond donors (Lipinski definition) is 1. The van der Waals surface area contributed by atoms with Gasteiger partial charge in [-0.05, 0) is 42.3 Å². The molecule has 0 atom stereocenters. The van der Waals surface area contributed by atoms with Crippen molar-refractivity contribution in [1.29, 1.82) is 0 Å². The fraction of sp³-hybridized carbons (Fsp3) is 0.353. The van der Waals surface area contributed by atoms with Crippen LogP contribution in [0.4, 0.5) is 18.9 Å². The molecule has 1 N–H and O–H groups in total. The van der Waals surface area contributed by atoms with Gasteiger partial charge in [0.1, 0.15) is 5.15 Å². The third kappa shape index (κ3) is 4.27. The van der Waals surface area contributed by atoms with Crippen molar-refractivity contribution in [3.05, 3.63) is 49.9 Å². The molecule has 9 heteroatoms. The Labute approximate surface area is 162 Å². The fourth-order valence-electron chi connectivity index (χ4n) is 2.89. The summed E-state index contributed by atoms with van der Waals surface area (Å²) in [6, 6.07) is 5.68. The fourth-order valence-corrected chi connectivity index (χ4v) is 4.08. The lowest BCUT2D eigenvalue weighted by molar-refractivity contribution is -0.135. The Morgan fingerprint density at radius 2 is 2.08 bits per heavy atom. The summed E-state index contributed by atoms with van der Waals surface area (Å²) in [5, 5.41) is 10.1. The van der Waals surface area contributed by atoms with Crippen molar-refractivity contribution in [1.82, 2.24) is 9.61 Å². The second-order valence-corrected chi connectivity index (χ2v) is 7.71. The van der Waals surface area contributed by atoms with Gasteiger partial charge in [-0.3, -0.25) is 0 Å². The van der Waals surface area contributed by atoms with E-state index in [2.05, 4.69) is 10.4 Å². The lowest BCUT2D eigenvalue weighted by Crippen LogP contribution is -2.07. The molecular formula is C17H16Cl2F3N3S. The van der Waals surface area contributed by atoms with Crippen molar-refractivity contribution >= 4 is 45.7 Å². The van der Waals surface area contributed by atoms with Gasteiger partial charge >= 0.3 is 6.18 Å². The molecule has 3 rings (SSSR count). The highest BCUT2D eigenvalue weighted by molar-refractivity contribution is 7.09. The van der Waals surface area contributed by atoms with E-state index in [0.29, 0.717) is 17.3 Å². The molecule has 3 heterocycles. The van der Waals surface area contributed by atoms with Gasteiger partial charge in [0.25, 0.3) is 0 Å². The number of nitrogens with zero attached hydrogens (tertiary/aromatic N) is 2. The first kappa shape index (κ1) is 19.3. The number of fused-ring (bicyclic) bond motifs is 1. The molecule has 3 nitrogen and oxygen atoms in total. The lowest BCUT2D eigenvalue weighted by atomic mass is 10.1. The Morgan fingerprint density at radius 3 is 2.73 bits per heavy atom. The lowest BCUT2D eigenvalue weighted by Gasteiger charge is -2.09. The van der Waals surface area contributed by atoms with Crippen molar-refractivity contribution in [3.8, 4) is 0 Å². The summed E-state index contributed by atoms with van der Waals surface area (Å²) < 4.78 is 38.8. The molecule has 140 valence electrons. The van der Waals surface area contributed by atoms with Crippen LogP contribution in [0.1, 0.15) is 28.8 Å². The molecule has 0 aromatic carbocycles. The van der Waals surface area contributed by atoms with E-state index in [0.717, 1.165) is 21.6 Å². The van der Waals surface area contributed by atoms with Crippen molar-refractivity contribution in [2.45, 2.75) is 38.9 Å². The van der Waals surface area contributed by atoms with Gasteiger partial charge in [0.15, 0.2) is 5.15 Å². The molecule has 3 aromatic rings. The van der Waals surface area contributed by atoms with Crippen molar-refractivity contribution in [2.24, 2.45) is 0 Å². The summed E-state index contributed by atoms with van der Waals surface area (Å²) >= 11 is 14.1. The Morgan fingerprint density at radius 1 is 1.31 bits per heavy atom. The number of thiophene rings is 1. The molecule has 0 saturated heterocycles. The van der Waals surface area contributed by atoms with E-state index >= 15 is 0 Å². The molecule has 0 unspecified atom stereocenters. The highest BCUT2D eigenvalue weighted by Crippen LogP contribution is 2.34. The van der Waals surface area contributed by atoms with Crippen LogP contribution in [-0.2, 0) is 13.0 Å². The Hall–Kier alpha value is -1.44. The van der Waals surface area contributed by atoms with Gasteiger partial charge in [-0.1, -0.05) is 29.3 Å². The maximum atomic E-state index is 12.4. The minimum atomic E-state index is -4.17. The van der Waals surface area contributed by atoms with Gasteiger partial charge in [0, 0.05) is 23.9 Å². The summed E-state index contributed by atoms with van der Waals surface area (Å²) in [6.45, 7) is 2.45. The van der Waals surface area contributed by atoms with Crippen LogP contribution in [0.5, 0.6) is 0 Å². The Kier molecular flexibility index (Phi) is 5.69. The zero-order valence-corrected chi connectivity index (χ0v) is 16.2.